The van der Waals surface area contributed by atoms with Crippen molar-refractivity contribution in [3.63, 3.8) is 0 Å². The summed E-state index contributed by atoms with van der Waals surface area (Å²) in [6.45, 7) is 3.04. The number of likely N-dealkylation sites (N-methyl/N-ethyl adjacent to an activating group) is 1. The SMILES string of the molecule is CCNC(Cc1nc2ccccc2s1)c1cccc(Cl)c1. The standard InChI is InChI=1S/C17H17ClN2S/c1-2-19-15(12-6-5-7-13(18)10-12)11-17-20-14-8-3-4-9-16(14)21-17/h3-10,15,19H,2,11H2,1H3. The first-order chi connectivity index (χ1) is 10.3. The summed E-state index contributed by atoms with van der Waals surface area (Å²) in [5.41, 5.74) is 2.29. The smallest absolute Gasteiger partial charge is 0.0957 e. The van der Waals surface area contributed by atoms with Crippen molar-refractivity contribution >= 4 is 33.2 Å². The molecular formula is C17H17ClN2S. The van der Waals surface area contributed by atoms with E-state index in [9.17, 15) is 0 Å². The summed E-state index contributed by atoms with van der Waals surface area (Å²) >= 11 is 7.88. The average molecular weight is 317 g/mol. The number of nitrogens with zero attached hydrogens (tertiary/aromatic N) is 1. The van der Waals surface area contributed by atoms with E-state index in [4.69, 9.17) is 16.6 Å². The lowest BCUT2D eigenvalue weighted by Gasteiger charge is -2.17. The molecule has 108 valence electrons. The molecule has 3 aromatic rings. The maximum absolute atomic E-state index is 6.12. The van der Waals surface area contributed by atoms with Crippen molar-refractivity contribution in [1.82, 2.24) is 10.3 Å². The maximum Gasteiger partial charge on any atom is 0.0957 e. The van der Waals surface area contributed by atoms with Crippen LogP contribution in [0.25, 0.3) is 10.2 Å². The van der Waals surface area contributed by atoms with Gasteiger partial charge in [0.05, 0.1) is 15.2 Å². The van der Waals surface area contributed by atoms with E-state index in [1.807, 2.05) is 24.3 Å². The summed E-state index contributed by atoms with van der Waals surface area (Å²) in [5.74, 6) is 0. The van der Waals surface area contributed by atoms with Gasteiger partial charge in [-0.15, -0.1) is 11.3 Å². The van der Waals surface area contributed by atoms with Gasteiger partial charge in [0.15, 0.2) is 0 Å². The Morgan fingerprint density at radius 3 is 2.81 bits per heavy atom. The highest BCUT2D eigenvalue weighted by molar-refractivity contribution is 7.18. The van der Waals surface area contributed by atoms with Gasteiger partial charge in [-0.05, 0) is 36.4 Å². The van der Waals surface area contributed by atoms with Crippen LogP contribution in [0.3, 0.4) is 0 Å². The van der Waals surface area contributed by atoms with Crippen LogP contribution >= 0.6 is 22.9 Å². The van der Waals surface area contributed by atoms with Gasteiger partial charge in [-0.1, -0.05) is 42.8 Å². The number of rotatable bonds is 5. The molecule has 0 saturated heterocycles. The van der Waals surface area contributed by atoms with Gasteiger partial charge in [-0.3, -0.25) is 0 Å². The Labute approximate surface area is 133 Å². The minimum absolute atomic E-state index is 0.245. The molecular weight excluding hydrogens is 300 g/mol. The van der Waals surface area contributed by atoms with E-state index in [0.29, 0.717) is 0 Å². The van der Waals surface area contributed by atoms with Crippen molar-refractivity contribution < 1.29 is 0 Å². The van der Waals surface area contributed by atoms with Crippen LogP contribution in [0.4, 0.5) is 0 Å². The van der Waals surface area contributed by atoms with Crippen molar-refractivity contribution in [2.75, 3.05) is 6.54 Å². The lowest BCUT2D eigenvalue weighted by molar-refractivity contribution is 0.549. The third-order valence-electron chi connectivity index (χ3n) is 3.42. The number of fused-ring (bicyclic) bond motifs is 1. The Hall–Kier alpha value is -1.42. The third-order valence-corrected chi connectivity index (χ3v) is 4.71. The van der Waals surface area contributed by atoms with Crippen molar-refractivity contribution in [1.29, 1.82) is 0 Å². The minimum Gasteiger partial charge on any atom is -0.310 e. The Balaban J connectivity index is 1.87. The fourth-order valence-electron chi connectivity index (χ4n) is 2.46. The molecule has 3 rings (SSSR count). The number of aromatic nitrogens is 1. The minimum atomic E-state index is 0.245. The predicted molar refractivity (Wildman–Crippen MR) is 91.2 cm³/mol. The predicted octanol–water partition coefficient (Wildman–Crippen LogP) is 4.84. The molecule has 0 aliphatic heterocycles. The molecule has 4 heteroatoms. The van der Waals surface area contributed by atoms with Crippen molar-refractivity contribution in [3.8, 4) is 0 Å². The first-order valence-electron chi connectivity index (χ1n) is 7.09. The second-order valence-corrected chi connectivity index (χ2v) is 6.50. The third kappa shape index (κ3) is 3.43. The fraction of sp³-hybridized carbons (Fsp3) is 0.235. The number of nitrogens with one attached hydrogen (secondary N) is 1. The van der Waals surface area contributed by atoms with Gasteiger partial charge in [-0.25, -0.2) is 4.98 Å². The summed E-state index contributed by atoms with van der Waals surface area (Å²) in [6.07, 6.45) is 0.882. The summed E-state index contributed by atoms with van der Waals surface area (Å²) < 4.78 is 1.24. The normalized spacial score (nSPS) is 12.7. The van der Waals surface area contributed by atoms with Crippen molar-refractivity contribution in [2.24, 2.45) is 0 Å². The van der Waals surface area contributed by atoms with E-state index in [2.05, 4.69) is 36.5 Å². The zero-order valence-electron chi connectivity index (χ0n) is 11.8. The number of hydrogen-bond acceptors (Lipinski definition) is 3. The second kappa shape index (κ2) is 6.56. The highest BCUT2D eigenvalue weighted by Crippen LogP contribution is 2.27. The molecule has 1 aromatic heterocycles. The average Bonchev–Trinajstić information content (AvgIpc) is 2.89. The monoisotopic (exact) mass is 316 g/mol. The van der Waals surface area contributed by atoms with Crippen LogP contribution in [-0.2, 0) is 6.42 Å². The largest absolute Gasteiger partial charge is 0.310 e. The lowest BCUT2D eigenvalue weighted by atomic mass is 10.0. The van der Waals surface area contributed by atoms with Crippen molar-refractivity contribution in [2.45, 2.75) is 19.4 Å². The lowest BCUT2D eigenvalue weighted by Crippen LogP contribution is -2.22. The Morgan fingerprint density at radius 2 is 2.05 bits per heavy atom. The molecule has 0 amide bonds. The highest BCUT2D eigenvalue weighted by Gasteiger charge is 2.14. The van der Waals surface area contributed by atoms with Crippen LogP contribution in [0.15, 0.2) is 48.5 Å². The fourth-order valence-corrected chi connectivity index (χ4v) is 3.67. The van der Waals surface area contributed by atoms with E-state index in [1.165, 1.54) is 10.3 Å². The van der Waals surface area contributed by atoms with Crippen LogP contribution in [0.2, 0.25) is 5.02 Å². The van der Waals surface area contributed by atoms with Gasteiger partial charge in [0.2, 0.25) is 0 Å². The van der Waals surface area contributed by atoms with E-state index in [0.717, 1.165) is 28.5 Å². The molecule has 1 N–H and O–H groups in total. The summed E-state index contributed by atoms with van der Waals surface area (Å²) in [7, 11) is 0. The summed E-state index contributed by atoms with van der Waals surface area (Å²) in [5, 5.41) is 5.46. The molecule has 21 heavy (non-hydrogen) atoms. The van der Waals surface area contributed by atoms with Crippen LogP contribution < -0.4 is 5.32 Å². The van der Waals surface area contributed by atoms with Gasteiger partial charge < -0.3 is 5.32 Å². The van der Waals surface area contributed by atoms with Crippen LogP contribution in [-0.4, -0.2) is 11.5 Å². The quantitative estimate of drug-likeness (QED) is 0.728. The van der Waals surface area contributed by atoms with Gasteiger partial charge in [0, 0.05) is 17.5 Å². The molecule has 0 bridgehead atoms. The summed E-state index contributed by atoms with van der Waals surface area (Å²) in [4.78, 5) is 4.73. The molecule has 2 aromatic carbocycles. The van der Waals surface area contributed by atoms with E-state index >= 15 is 0 Å². The van der Waals surface area contributed by atoms with Gasteiger partial charge in [0.1, 0.15) is 0 Å². The van der Waals surface area contributed by atoms with Gasteiger partial charge >= 0.3 is 0 Å². The highest BCUT2D eigenvalue weighted by atomic mass is 35.5. The maximum atomic E-state index is 6.12. The topological polar surface area (TPSA) is 24.9 Å². The summed E-state index contributed by atoms with van der Waals surface area (Å²) in [6, 6.07) is 16.6. The number of thiazole rings is 1. The number of hydrogen-bond donors (Lipinski definition) is 1. The van der Waals surface area contributed by atoms with E-state index < -0.39 is 0 Å². The molecule has 2 nitrogen and oxygen atoms in total. The van der Waals surface area contributed by atoms with Crippen LogP contribution in [0, 0.1) is 0 Å². The molecule has 1 unspecified atom stereocenters. The first kappa shape index (κ1) is 14.5. The van der Waals surface area contributed by atoms with Crippen molar-refractivity contribution in [3.05, 3.63) is 64.1 Å². The van der Waals surface area contributed by atoms with E-state index in [-0.39, 0.29) is 6.04 Å². The molecule has 0 fully saturated rings. The molecule has 0 spiro atoms. The Morgan fingerprint density at radius 1 is 1.19 bits per heavy atom. The van der Waals surface area contributed by atoms with Gasteiger partial charge in [-0.2, -0.15) is 0 Å². The van der Waals surface area contributed by atoms with Gasteiger partial charge in [0.25, 0.3) is 0 Å². The zero-order valence-corrected chi connectivity index (χ0v) is 13.4. The molecule has 1 atom stereocenters. The Bertz CT molecular complexity index is 705. The molecule has 0 aliphatic carbocycles. The van der Waals surface area contributed by atoms with Crippen LogP contribution in [0.1, 0.15) is 23.5 Å². The number of para-hydroxylation sites is 1. The Kier molecular flexibility index (Phi) is 4.54. The van der Waals surface area contributed by atoms with E-state index in [1.54, 1.807) is 11.3 Å². The number of benzene rings is 2. The molecule has 0 radical (unpaired) electrons. The molecule has 0 saturated carbocycles. The molecule has 0 aliphatic rings. The molecule has 1 heterocycles. The second-order valence-electron chi connectivity index (χ2n) is 4.94. The first-order valence-corrected chi connectivity index (χ1v) is 8.29. The van der Waals surface area contributed by atoms with Crippen LogP contribution in [0.5, 0.6) is 0 Å². The zero-order chi connectivity index (χ0) is 14.7. The number of halogens is 1.